The van der Waals surface area contributed by atoms with Crippen LogP contribution in [0.1, 0.15) is 17.5 Å². The Morgan fingerprint density at radius 1 is 1.04 bits per heavy atom. The molecule has 0 saturated carbocycles. The van der Waals surface area contributed by atoms with Crippen LogP contribution in [0, 0.1) is 0 Å². The number of aliphatic hydroxyl groups is 1. The zero-order valence-corrected chi connectivity index (χ0v) is 14.9. The first kappa shape index (κ1) is 17.9. The minimum absolute atomic E-state index is 0.602. The number of rotatable bonds is 7. The van der Waals surface area contributed by atoms with Crippen LogP contribution in [0.25, 0.3) is 0 Å². The van der Waals surface area contributed by atoms with Gasteiger partial charge in [0.25, 0.3) is 0 Å². The van der Waals surface area contributed by atoms with Crippen LogP contribution in [0.2, 0.25) is 0 Å². The van der Waals surface area contributed by atoms with E-state index in [-0.39, 0.29) is 0 Å². The van der Waals surface area contributed by atoms with Crippen molar-refractivity contribution in [1.29, 1.82) is 0 Å². The molecule has 2 aromatic rings. The Kier molecular flexibility index (Phi) is 6.08. The summed E-state index contributed by atoms with van der Waals surface area (Å²) in [5, 5.41) is 11.5. The fourth-order valence-corrected chi connectivity index (χ4v) is 3.34. The lowest BCUT2D eigenvalue weighted by molar-refractivity contribution is -0.00453. The van der Waals surface area contributed by atoms with E-state index in [2.05, 4.69) is 17.0 Å². The molecule has 0 bridgehead atoms. The maximum Gasteiger partial charge on any atom is 0.118 e. The molecule has 1 N–H and O–H groups in total. The van der Waals surface area contributed by atoms with Gasteiger partial charge in [0.05, 0.1) is 25.9 Å². The standard InChI is InChI=1S/C21H27NO3/c1-24-20-9-7-19(8-10-20)21(23,17-18-5-3-2-4-6-18)11-12-22-13-15-25-16-14-22/h2-10,23H,11-17H2,1H3. The highest BCUT2D eigenvalue weighted by Crippen LogP contribution is 2.31. The quantitative estimate of drug-likeness (QED) is 0.841. The molecule has 1 atom stereocenters. The predicted octanol–water partition coefficient (Wildman–Crippen LogP) is 2.85. The summed E-state index contributed by atoms with van der Waals surface area (Å²) < 4.78 is 10.7. The molecule has 25 heavy (non-hydrogen) atoms. The molecule has 1 fully saturated rings. The molecule has 1 heterocycles. The highest BCUT2D eigenvalue weighted by molar-refractivity contribution is 5.32. The summed E-state index contributed by atoms with van der Waals surface area (Å²) in [7, 11) is 1.66. The zero-order chi connectivity index (χ0) is 17.5. The number of hydrogen-bond donors (Lipinski definition) is 1. The Labute approximate surface area is 150 Å². The number of benzene rings is 2. The van der Waals surface area contributed by atoms with E-state index in [1.807, 2.05) is 42.5 Å². The fourth-order valence-electron chi connectivity index (χ4n) is 3.34. The Balaban J connectivity index is 1.78. The van der Waals surface area contributed by atoms with Gasteiger partial charge in [0, 0.05) is 26.1 Å². The van der Waals surface area contributed by atoms with Crippen LogP contribution in [0.4, 0.5) is 0 Å². The third-order valence-corrected chi connectivity index (χ3v) is 4.91. The third kappa shape index (κ3) is 4.82. The minimum atomic E-state index is -0.897. The highest BCUT2D eigenvalue weighted by atomic mass is 16.5. The van der Waals surface area contributed by atoms with Crippen LogP contribution < -0.4 is 4.74 Å². The summed E-state index contributed by atoms with van der Waals surface area (Å²) in [5.74, 6) is 0.805. The van der Waals surface area contributed by atoms with Gasteiger partial charge in [-0.15, -0.1) is 0 Å². The monoisotopic (exact) mass is 341 g/mol. The van der Waals surface area contributed by atoms with E-state index < -0.39 is 5.60 Å². The number of hydrogen-bond acceptors (Lipinski definition) is 4. The van der Waals surface area contributed by atoms with Gasteiger partial charge in [-0.1, -0.05) is 42.5 Å². The van der Waals surface area contributed by atoms with Gasteiger partial charge in [-0.05, 0) is 29.7 Å². The molecular formula is C21H27NO3. The second-order valence-corrected chi connectivity index (χ2v) is 6.63. The molecule has 4 heteroatoms. The summed E-state index contributed by atoms with van der Waals surface area (Å²) in [6.45, 7) is 4.28. The smallest absolute Gasteiger partial charge is 0.118 e. The van der Waals surface area contributed by atoms with Crippen molar-refractivity contribution in [3.8, 4) is 5.75 Å². The first-order chi connectivity index (χ1) is 12.2. The van der Waals surface area contributed by atoms with Crippen LogP contribution in [0.5, 0.6) is 5.75 Å². The molecule has 0 aliphatic carbocycles. The highest BCUT2D eigenvalue weighted by Gasteiger charge is 2.30. The van der Waals surface area contributed by atoms with Gasteiger partial charge in [-0.2, -0.15) is 0 Å². The first-order valence-electron chi connectivity index (χ1n) is 8.90. The fraction of sp³-hybridized carbons (Fsp3) is 0.429. The second-order valence-electron chi connectivity index (χ2n) is 6.63. The maximum atomic E-state index is 11.5. The number of ether oxygens (including phenoxy) is 2. The molecule has 134 valence electrons. The molecule has 3 rings (SSSR count). The lowest BCUT2D eigenvalue weighted by Crippen LogP contribution is -2.40. The van der Waals surface area contributed by atoms with Crippen LogP contribution in [-0.4, -0.2) is 50.0 Å². The SMILES string of the molecule is COc1ccc(C(O)(CCN2CCOCC2)Cc2ccccc2)cc1. The van der Waals surface area contributed by atoms with Gasteiger partial charge in [0.15, 0.2) is 0 Å². The molecule has 1 saturated heterocycles. The van der Waals surface area contributed by atoms with Crippen molar-refractivity contribution in [2.24, 2.45) is 0 Å². The van der Waals surface area contributed by atoms with Crippen LogP contribution in [0.15, 0.2) is 54.6 Å². The normalized spacial score (nSPS) is 17.8. The molecule has 1 unspecified atom stereocenters. The Bertz CT molecular complexity index is 638. The van der Waals surface area contributed by atoms with Crippen LogP contribution in [0.3, 0.4) is 0 Å². The van der Waals surface area contributed by atoms with Gasteiger partial charge >= 0.3 is 0 Å². The van der Waals surface area contributed by atoms with E-state index in [1.54, 1.807) is 7.11 Å². The Morgan fingerprint density at radius 2 is 1.72 bits per heavy atom. The van der Waals surface area contributed by atoms with Gasteiger partial charge in [-0.3, -0.25) is 4.90 Å². The van der Waals surface area contributed by atoms with Crippen molar-refractivity contribution < 1.29 is 14.6 Å². The van der Waals surface area contributed by atoms with Crippen molar-refractivity contribution in [2.75, 3.05) is 40.0 Å². The van der Waals surface area contributed by atoms with Crippen LogP contribution >= 0.6 is 0 Å². The molecule has 2 aromatic carbocycles. The van der Waals surface area contributed by atoms with E-state index in [0.29, 0.717) is 12.8 Å². The maximum absolute atomic E-state index is 11.5. The number of morpholine rings is 1. The molecule has 0 aromatic heterocycles. The van der Waals surface area contributed by atoms with Crippen molar-refractivity contribution in [1.82, 2.24) is 4.90 Å². The molecule has 1 aliphatic heterocycles. The van der Waals surface area contributed by atoms with E-state index in [4.69, 9.17) is 9.47 Å². The molecule has 0 radical (unpaired) electrons. The average molecular weight is 341 g/mol. The minimum Gasteiger partial charge on any atom is -0.497 e. The van der Waals surface area contributed by atoms with Gasteiger partial charge in [0.2, 0.25) is 0 Å². The molecule has 1 aliphatic rings. The topological polar surface area (TPSA) is 41.9 Å². The predicted molar refractivity (Wildman–Crippen MR) is 98.9 cm³/mol. The second kappa shape index (κ2) is 8.48. The zero-order valence-electron chi connectivity index (χ0n) is 14.9. The summed E-state index contributed by atoms with van der Waals surface area (Å²) in [6, 6.07) is 18.0. The van der Waals surface area contributed by atoms with Crippen LogP contribution in [-0.2, 0) is 16.8 Å². The van der Waals surface area contributed by atoms with Crippen molar-refractivity contribution >= 4 is 0 Å². The third-order valence-electron chi connectivity index (χ3n) is 4.91. The number of nitrogens with zero attached hydrogens (tertiary/aromatic N) is 1. The summed E-state index contributed by atoms with van der Waals surface area (Å²) in [6.07, 6.45) is 1.29. The molecule has 0 spiro atoms. The van der Waals surface area contributed by atoms with E-state index in [9.17, 15) is 5.11 Å². The Hall–Kier alpha value is -1.88. The van der Waals surface area contributed by atoms with Crippen molar-refractivity contribution in [3.63, 3.8) is 0 Å². The number of methoxy groups -OCH3 is 1. The van der Waals surface area contributed by atoms with Gasteiger partial charge in [0.1, 0.15) is 5.75 Å². The van der Waals surface area contributed by atoms with Crippen molar-refractivity contribution in [2.45, 2.75) is 18.4 Å². The van der Waals surface area contributed by atoms with E-state index >= 15 is 0 Å². The van der Waals surface area contributed by atoms with Crippen molar-refractivity contribution in [3.05, 3.63) is 65.7 Å². The first-order valence-corrected chi connectivity index (χ1v) is 8.90. The summed E-state index contributed by atoms with van der Waals surface area (Å²) >= 11 is 0. The van der Waals surface area contributed by atoms with Gasteiger partial charge in [-0.25, -0.2) is 0 Å². The molecular weight excluding hydrogens is 314 g/mol. The summed E-state index contributed by atoms with van der Waals surface area (Å²) in [4.78, 5) is 2.36. The average Bonchev–Trinajstić information content (AvgIpc) is 2.68. The van der Waals surface area contributed by atoms with Gasteiger partial charge < -0.3 is 14.6 Å². The molecule has 0 amide bonds. The van der Waals surface area contributed by atoms with E-state index in [0.717, 1.165) is 49.7 Å². The Morgan fingerprint density at radius 3 is 2.36 bits per heavy atom. The lowest BCUT2D eigenvalue weighted by atomic mass is 9.84. The molecule has 4 nitrogen and oxygen atoms in total. The van der Waals surface area contributed by atoms with E-state index in [1.165, 1.54) is 0 Å². The largest absolute Gasteiger partial charge is 0.497 e. The summed E-state index contributed by atoms with van der Waals surface area (Å²) in [5.41, 5.74) is 1.18. The lowest BCUT2D eigenvalue weighted by Gasteiger charge is -2.33.